The summed E-state index contributed by atoms with van der Waals surface area (Å²) >= 11 is 0. The molecular weight excluding hydrogens is 212 g/mol. The summed E-state index contributed by atoms with van der Waals surface area (Å²) in [4.78, 5) is 11.8. The van der Waals surface area contributed by atoms with E-state index in [2.05, 4.69) is 5.32 Å². The average Bonchev–Trinajstić information content (AvgIpc) is 2.35. The molecule has 17 heavy (non-hydrogen) atoms. The summed E-state index contributed by atoms with van der Waals surface area (Å²) in [5, 5.41) is 2.89. The molecule has 0 aliphatic heterocycles. The minimum Gasteiger partial charge on any atom is -0.351 e. The van der Waals surface area contributed by atoms with Crippen LogP contribution in [0.5, 0.6) is 0 Å². The lowest BCUT2D eigenvalue weighted by molar-refractivity contribution is -0.123. The maximum atomic E-state index is 11.8. The third-order valence-corrected chi connectivity index (χ3v) is 3.27. The van der Waals surface area contributed by atoms with Gasteiger partial charge in [0.2, 0.25) is 5.91 Å². The number of carbonyl (C=O) groups excluding carboxylic acids is 1. The zero-order chi connectivity index (χ0) is 12.8. The van der Waals surface area contributed by atoms with Gasteiger partial charge in [-0.3, -0.25) is 4.79 Å². The number of benzene rings is 1. The normalized spacial score (nSPS) is 14.1. The minimum absolute atomic E-state index is 0.0670. The largest absolute Gasteiger partial charge is 0.351 e. The number of hydrogen-bond acceptors (Lipinski definition) is 2. The standard InChI is InChI=1S/C14H22N2O/c1-4-10(2)13(15)14(17)16-9-12-8-6-5-7-11(12)3/h5-8,10,13H,4,9,15H2,1-3H3,(H,16,17)/t10-,13-/m0/s1. The number of carbonyl (C=O) groups is 1. The lowest BCUT2D eigenvalue weighted by atomic mass is 9.99. The summed E-state index contributed by atoms with van der Waals surface area (Å²) < 4.78 is 0. The van der Waals surface area contributed by atoms with Gasteiger partial charge in [0, 0.05) is 6.54 Å². The van der Waals surface area contributed by atoms with E-state index < -0.39 is 6.04 Å². The van der Waals surface area contributed by atoms with E-state index in [4.69, 9.17) is 5.73 Å². The Balaban J connectivity index is 2.51. The lowest BCUT2D eigenvalue weighted by Crippen LogP contribution is -2.44. The Morgan fingerprint density at radius 2 is 2.06 bits per heavy atom. The molecule has 0 aromatic heterocycles. The molecule has 3 nitrogen and oxygen atoms in total. The Bertz CT molecular complexity index is 376. The van der Waals surface area contributed by atoms with Gasteiger partial charge in [-0.15, -0.1) is 0 Å². The van der Waals surface area contributed by atoms with Gasteiger partial charge in [0.05, 0.1) is 6.04 Å². The Morgan fingerprint density at radius 1 is 1.41 bits per heavy atom. The molecule has 1 aromatic rings. The van der Waals surface area contributed by atoms with Gasteiger partial charge in [0.1, 0.15) is 0 Å². The van der Waals surface area contributed by atoms with E-state index >= 15 is 0 Å². The molecule has 0 saturated carbocycles. The van der Waals surface area contributed by atoms with E-state index in [-0.39, 0.29) is 11.8 Å². The third-order valence-electron chi connectivity index (χ3n) is 3.27. The van der Waals surface area contributed by atoms with Gasteiger partial charge in [0.15, 0.2) is 0 Å². The van der Waals surface area contributed by atoms with Crippen molar-refractivity contribution in [3.63, 3.8) is 0 Å². The fourth-order valence-corrected chi connectivity index (χ4v) is 1.62. The van der Waals surface area contributed by atoms with Crippen molar-refractivity contribution in [2.24, 2.45) is 11.7 Å². The summed E-state index contributed by atoms with van der Waals surface area (Å²) in [6.07, 6.45) is 0.916. The van der Waals surface area contributed by atoms with E-state index in [0.717, 1.165) is 12.0 Å². The van der Waals surface area contributed by atoms with Crippen molar-refractivity contribution in [3.05, 3.63) is 35.4 Å². The van der Waals surface area contributed by atoms with Crippen molar-refractivity contribution < 1.29 is 4.79 Å². The van der Waals surface area contributed by atoms with Crippen molar-refractivity contribution in [1.82, 2.24) is 5.32 Å². The number of nitrogens with two attached hydrogens (primary N) is 1. The van der Waals surface area contributed by atoms with Gasteiger partial charge in [-0.25, -0.2) is 0 Å². The second-order valence-corrected chi connectivity index (χ2v) is 4.56. The zero-order valence-corrected chi connectivity index (χ0v) is 10.9. The van der Waals surface area contributed by atoms with Crippen molar-refractivity contribution >= 4 is 5.91 Å². The molecule has 3 heteroatoms. The van der Waals surface area contributed by atoms with Crippen LogP contribution < -0.4 is 11.1 Å². The molecule has 0 heterocycles. The van der Waals surface area contributed by atoms with Crippen LogP contribution in [0, 0.1) is 12.8 Å². The molecule has 94 valence electrons. The summed E-state index contributed by atoms with van der Waals surface area (Å²) in [6, 6.07) is 7.61. The Hall–Kier alpha value is -1.35. The van der Waals surface area contributed by atoms with Crippen molar-refractivity contribution in [3.8, 4) is 0 Å². The Labute approximate surface area is 103 Å². The van der Waals surface area contributed by atoms with E-state index in [1.165, 1.54) is 5.56 Å². The first-order valence-corrected chi connectivity index (χ1v) is 6.14. The van der Waals surface area contributed by atoms with Crippen LogP contribution in [0.4, 0.5) is 0 Å². The van der Waals surface area contributed by atoms with Crippen LogP contribution in [0.3, 0.4) is 0 Å². The summed E-state index contributed by atoms with van der Waals surface area (Å²) in [5.74, 6) is 0.148. The zero-order valence-electron chi connectivity index (χ0n) is 10.9. The highest BCUT2D eigenvalue weighted by atomic mass is 16.2. The van der Waals surface area contributed by atoms with Crippen molar-refractivity contribution in [1.29, 1.82) is 0 Å². The number of aryl methyl sites for hydroxylation is 1. The van der Waals surface area contributed by atoms with Gasteiger partial charge in [0.25, 0.3) is 0 Å². The van der Waals surface area contributed by atoms with Crippen molar-refractivity contribution in [2.75, 3.05) is 0 Å². The first-order valence-electron chi connectivity index (χ1n) is 6.14. The second-order valence-electron chi connectivity index (χ2n) is 4.56. The molecule has 1 rings (SSSR count). The third kappa shape index (κ3) is 3.86. The maximum absolute atomic E-state index is 11.8. The number of rotatable bonds is 5. The highest BCUT2D eigenvalue weighted by molar-refractivity contribution is 5.81. The fraction of sp³-hybridized carbons (Fsp3) is 0.500. The lowest BCUT2D eigenvalue weighted by Gasteiger charge is -2.18. The molecule has 0 aliphatic carbocycles. The molecule has 0 spiro atoms. The predicted octanol–water partition coefficient (Wildman–Crippen LogP) is 1.98. The molecule has 0 unspecified atom stereocenters. The van der Waals surface area contributed by atoms with Crippen LogP contribution in [0.1, 0.15) is 31.4 Å². The molecule has 0 radical (unpaired) electrons. The summed E-state index contributed by atoms with van der Waals surface area (Å²) in [6.45, 7) is 6.63. The molecule has 0 saturated heterocycles. The van der Waals surface area contributed by atoms with Gasteiger partial charge < -0.3 is 11.1 Å². The number of nitrogens with one attached hydrogen (secondary N) is 1. The minimum atomic E-state index is -0.413. The van der Waals surface area contributed by atoms with Crippen molar-refractivity contribution in [2.45, 2.75) is 39.8 Å². The molecule has 2 atom stereocenters. The highest BCUT2D eigenvalue weighted by Crippen LogP contribution is 2.08. The SMILES string of the molecule is CC[C@H](C)[C@H](N)C(=O)NCc1ccccc1C. The van der Waals surface area contributed by atoms with E-state index in [9.17, 15) is 4.79 Å². The average molecular weight is 234 g/mol. The first kappa shape index (κ1) is 13.7. The molecular formula is C14H22N2O. The number of amides is 1. The van der Waals surface area contributed by atoms with Gasteiger partial charge >= 0.3 is 0 Å². The smallest absolute Gasteiger partial charge is 0.237 e. The van der Waals surface area contributed by atoms with Crippen LogP contribution >= 0.6 is 0 Å². The van der Waals surface area contributed by atoms with Crippen LogP contribution in [-0.2, 0) is 11.3 Å². The van der Waals surface area contributed by atoms with Crippen LogP contribution in [0.15, 0.2) is 24.3 Å². The Morgan fingerprint density at radius 3 is 2.65 bits per heavy atom. The fourth-order valence-electron chi connectivity index (χ4n) is 1.62. The highest BCUT2D eigenvalue weighted by Gasteiger charge is 2.18. The molecule has 3 N–H and O–H groups in total. The second kappa shape index (κ2) is 6.40. The Kier molecular flexibility index (Phi) is 5.16. The molecule has 0 bridgehead atoms. The van der Waals surface area contributed by atoms with E-state index in [1.807, 2.05) is 45.0 Å². The first-order chi connectivity index (χ1) is 8.06. The van der Waals surface area contributed by atoms with E-state index in [0.29, 0.717) is 6.54 Å². The van der Waals surface area contributed by atoms with Crippen LogP contribution in [0.25, 0.3) is 0 Å². The molecule has 1 amide bonds. The van der Waals surface area contributed by atoms with Gasteiger partial charge in [-0.05, 0) is 24.0 Å². The quantitative estimate of drug-likeness (QED) is 0.818. The van der Waals surface area contributed by atoms with Gasteiger partial charge in [-0.1, -0.05) is 44.5 Å². The topological polar surface area (TPSA) is 55.1 Å². The van der Waals surface area contributed by atoms with E-state index in [1.54, 1.807) is 0 Å². The molecule has 0 fully saturated rings. The summed E-state index contributed by atoms with van der Waals surface area (Å²) in [7, 11) is 0. The van der Waals surface area contributed by atoms with Crippen LogP contribution in [0.2, 0.25) is 0 Å². The maximum Gasteiger partial charge on any atom is 0.237 e. The summed E-state index contributed by atoms with van der Waals surface area (Å²) in [5.41, 5.74) is 8.18. The molecule has 1 aromatic carbocycles. The number of hydrogen-bond donors (Lipinski definition) is 2. The predicted molar refractivity (Wildman–Crippen MR) is 70.5 cm³/mol. The molecule has 0 aliphatic rings. The monoisotopic (exact) mass is 234 g/mol. The van der Waals surface area contributed by atoms with Gasteiger partial charge in [-0.2, -0.15) is 0 Å². The van der Waals surface area contributed by atoms with Crippen LogP contribution in [-0.4, -0.2) is 11.9 Å².